The first-order valence-electron chi connectivity index (χ1n) is 6.27. The summed E-state index contributed by atoms with van der Waals surface area (Å²) in [6, 6.07) is 6.65. The summed E-state index contributed by atoms with van der Waals surface area (Å²) in [5, 5.41) is 3.36. The fourth-order valence-electron chi connectivity index (χ4n) is 1.60. The van der Waals surface area contributed by atoms with E-state index in [2.05, 4.69) is 26.1 Å². The molecule has 3 heteroatoms. The highest BCUT2D eigenvalue weighted by Gasteiger charge is 2.10. The SMILES string of the molecule is CCCC(CNC(C)C)Oc1ccc(F)cc1. The molecule has 0 spiro atoms. The third kappa shape index (κ3) is 5.68. The molecule has 0 aliphatic carbocycles. The van der Waals surface area contributed by atoms with Gasteiger partial charge in [-0.1, -0.05) is 27.2 Å². The van der Waals surface area contributed by atoms with Gasteiger partial charge in [0, 0.05) is 12.6 Å². The van der Waals surface area contributed by atoms with E-state index in [1.807, 2.05) is 0 Å². The van der Waals surface area contributed by atoms with Crippen molar-refractivity contribution in [2.75, 3.05) is 6.54 Å². The lowest BCUT2D eigenvalue weighted by atomic mass is 10.2. The van der Waals surface area contributed by atoms with Crippen LogP contribution < -0.4 is 10.1 Å². The smallest absolute Gasteiger partial charge is 0.123 e. The van der Waals surface area contributed by atoms with Crippen molar-refractivity contribution in [1.82, 2.24) is 5.32 Å². The summed E-state index contributed by atoms with van der Waals surface area (Å²) in [4.78, 5) is 0. The second-order valence-electron chi connectivity index (χ2n) is 4.55. The summed E-state index contributed by atoms with van der Waals surface area (Å²) < 4.78 is 18.6. The molecule has 0 saturated carbocycles. The number of rotatable bonds is 7. The van der Waals surface area contributed by atoms with Crippen molar-refractivity contribution in [3.63, 3.8) is 0 Å². The molecule has 96 valence electrons. The summed E-state index contributed by atoms with van der Waals surface area (Å²) in [6.45, 7) is 7.18. The molecule has 1 aromatic carbocycles. The molecule has 0 fully saturated rings. The highest BCUT2D eigenvalue weighted by Crippen LogP contribution is 2.14. The maximum atomic E-state index is 12.8. The van der Waals surface area contributed by atoms with Gasteiger partial charge in [0.2, 0.25) is 0 Å². The van der Waals surface area contributed by atoms with Crippen molar-refractivity contribution in [3.05, 3.63) is 30.1 Å². The Bertz CT molecular complexity index is 311. The minimum absolute atomic E-state index is 0.146. The van der Waals surface area contributed by atoms with E-state index in [0.29, 0.717) is 6.04 Å². The molecule has 0 aliphatic rings. The zero-order chi connectivity index (χ0) is 12.7. The minimum atomic E-state index is -0.232. The Morgan fingerprint density at radius 3 is 2.41 bits per heavy atom. The molecule has 1 rings (SSSR count). The van der Waals surface area contributed by atoms with E-state index in [9.17, 15) is 4.39 Å². The molecular formula is C14H22FNO. The van der Waals surface area contributed by atoms with Gasteiger partial charge in [-0.25, -0.2) is 4.39 Å². The Balaban J connectivity index is 2.50. The first-order valence-corrected chi connectivity index (χ1v) is 6.27. The van der Waals surface area contributed by atoms with Gasteiger partial charge in [-0.05, 0) is 30.7 Å². The average Bonchev–Trinajstić information content (AvgIpc) is 2.29. The van der Waals surface area contributed by atoms with Gasteiger partial charge < -0.3 is 10.1 Å². The normalized spacial score (nSPS) is 12.8. The molecule has 1 atom stereocenters. The summed E-state index contributed by atoms with van der Waals surface area (Å²) in [7, 11) is 0. The van der Waals surface area contributed by atoms with Crippen LogP contribution in [0, 0.1) is 5.82 Å². The number of ether oxygens (including phenoxy) is 1. The van der Waals surface area contributed by atoms with Crippen molar-refractivity contribution in [3.8, 4) is 5.75 Å². The summed E-state index contributed by atoms with van der Waals surface area (Å²) >= 11 is 0. The van der Waals surface area contributed by atoms with E-state index in [0.717, 1.165) is 25.1 Å². The molecule has 0 heterocycles. The zero-order valence-electron chi connectivity index (χ0n) is 10.9. The molecule has 1 unspecified atom stereocenters. The van der Waals surface area contributed by atoms with Gasteiger partial charge in [0.05, 0.1) is 0 Å². The molecule has 1 aromatic rings. The van der Waals surface area contributed by atoms with Crippen molar-refractivity contribution in [2.45, 2.75) is 45.8 Å². The molecule has 0 saturated heterocycles. The van der Waals surface area contributed by atoms with Crippen LogP contribution in [0.3, 0.4) is 0 Å². The summed E-state index contributed by atoms with van der Waals surface area (Å²) in [6.07, 6.45) is 2.22. The lowest BCUT2D eigenvalue weighted by molar-refractivity contribution is 0.183. The first-order chi connectivity index (χ1) is 8.11. The topological polar surface area (TPSA) is 21.3 Å². The third-order valence-electron chi connectivity index (χ3n) is 2.48. The third-order valence-corrected chi connectivity index (χ3v) is 2.48. The van der Waals surface area contributed by atoms with Crippen LogP contribution in [0.1, 0.15) is 33.6 Å². The Morgan fingerprint density at radius 2 is 1.88 bits per heavy atom. The zero-order valence-corrected chi connectivity index (χ0v) is 10.9. The van der Waals surface area contributed by atoms with E-state index in [1.165, 1.54) is 12.1 Å². The average molecular weight is 239 g/mol. The Kier molecular flexibility index (Phi) is 5.98. The predicted molar refractivity (Wildman–Crippen MR) is 68.9 cm³/mol. The van der Waals surface area contributed by atoms with E-state index in [-0.39, 0.29) is 11.9 Å². The van der Waals surface area contributed by atoms with Gasteiger partial charge in [0.15, 0.2) is 0 Å². The summed E-state index contributed by atoms with van der Waals surface area (Å²) in [5.41, 5.74) is 0. The van der Waals surface area contributed by atoms with Gasteiger partial charge in [0.1, 0.15) is 17.7 Å². The Hall–Kier alpha value is -1.09. The van der Waals surface area contributed by atoms with Gasteiger partial charge in [0.25, 0.3) is 0 Å². The fraction of sp³-hybridized carbons (Fsp3) is 0.571. The number of halogens is 1. The highest BCUT2D eigenvalue weighted by atomic mass is 19.1. The van der Waals surface area contributed by atoms with Crippen LogP contribution in [0.15, 0.2) is 24.3 Å². The van der Waals surface area contributed by atoms with Crippen molar-refractivity contribution < 1.29 is 9.13 Å². The number of hydrogen-bond donors (Lipinski definition) is 1. The van der Waals surface area contributed by atoms with Crippen LogP contribution in [-0.2, 0) is 0 Å². The van der Waals surface area contributed by atoms with Crippen molar-refractivity contribution >= 4 is 0 Å². The van der Waals surface area contributed by atoms with E-state index in [1.54, 1.807) is 12.1 Å². The summed E-state index contributed by atoms with van der Waals surface area (Å²) in [5.74, 6) is 0.500. The molecular weight excluding hydrogens is 217 g/mol. The van der Waals surface area contributed by atoms with Gasteiger partial charge in [-0.15, -0.1) is 0 Å². The molecule has 1 N–H and O–H groups in total. The molecule has 0 amide bonds. The van der Waals surface area contributed by atoms with Crippen LogP contribution in [0.25, 0.3) is 0 Å². The largest absolute Gasteiger partial charge is 0.489 e. The van der Waals surface area contributed by atoms with Gasteiger partial charge >= 0.3 is 0 Å². The van der Waals surface area contributed by atoms with E-state index >= 15 is 0 Å². The van der Waals surface area contributed by atoms with Crippen LogP contribution in [0.4, 0.5) is 4.39 Å². The quantitative estimate of drug-likeness (QED) is 0.787. The molecule has 0 bridgehead atoms. The lowest BCUT2D eigenvalue weighted by Gasteiger charge is -2.20. The second-order valence-corrected chi connectivity index (χ2v) is 4.55. The molecule has 0 radical (unpaired) electrons. The Labute approximate surface area is 103 Å². The second kappa shape index (κ2) is 7.28. The lowest BCUT2D eigenvalue weighted by Crippen LogP contribution is -2.35. The first kappa shape index (κ1) is 14.0. The van der Waals surface area contributed by atoms with Crippen LogP contribution in [-0.4, -0.2) is 18.7 Å². The van der Waals surface area contributed by atoms with Crippen LogP contribution in [0.2, 0.25) is 0 Å². The molecule has 2 nitrogen and oxygen atoms in total. The maximum absolute atomic E-state index is 12.8. The Morgan fingerprint density at radius 1 is 1.24 bits per heavy atom. The fourth-order valence-corrected chi connectivity index (χ4v) is 1.60. The van der Waals surface area contributed by atoms with Crippen molar-refractivity contribution in [2.24, 2.45) is 0 Å². The van der Waals surface area contributed by atoms with Crippen molar-refractivity contribution in [1.29, 1.82) is 0 Å². The monoisotopic (exact) mass is 239 g/mol. The highest BCUT2D eigenvalue weighted by molar-refractivity contribution is 5.22. The minimum Gasteiger partial charge on any atom is -0.489 e. The number of hydrogen-bond acceptors (Lipinski definition) is 2. The van der Waals surface area contributed by atoms with Gasteiger partial charge in [-0.2, -0.15) is 0 Å². The maximum Gasteiger partial charge on any atom is 0.123 e. The van der Waals surface area contributed by atoms with E-state index in [4.69, 9.17) is 4.74 Å². The van der Waals surface area contributed by atoms with Crippen LogP contribution >= 0.6 is 0 Å². The standard InChI is InChI=1S/C14H22FNO/c1-4-5-14(10-16-11(2)3)17-13-8-6-12(15)7-9-13/h6-9,11,14,16H,4-5,10H2,1-3H3. The van der Waals surface area contributed by atoms with E-state index < -0.39 is 0 Å². The van der Waals surface area contributed by atoms with Gasteiger partial charge in [-0.3, -0.25) is 0 Å². The molecule has 17 heavy (non-hydrogen) atoms. The predicted octanol–water partition coefficient (Wildman–Crippen LogP) is 3.37. The van der Waals surface area contributed by atoms with Crippen LogP contribution in [0.5, 0.6) is 5.75 Å². The molecule has 0 aromatic heterocycles. The number of benzene rings is 1. The molecule has 0 aliphatic heterocycles. The number of nitrogens with one attached hydrogen (secondary N) is 1.